The molecule has 130 valence electrons. The first-order valence-corrected chi connectivity index (χ1v) is 7.05. The van der Waals surface area contributed by atoms with E-state index in [-0.39, 0.29) is 5.69 Å². The summed E-state index contributed by atoms with van der Waals surface area (Å²) in [5, 5.41) is 9.09. The first-order valence-electron chi connectivity index (χ1n) is 7.05. The molecule has 0 aliphatic heterocycles. The number of rotatable bonds is 5. The van der Waals surface area contributed by atoms with Crippen LogP contribution in [0.4, 0.5) is 13.2 Å². The monoisotopic (exact) mass is 350 g/mol. The molecule has 0 saturated heterocycles. The number of Topliss-reactive ketones (excluding diaryl/α,β-unsaturated/α-hetero) is 1. The second kappa shape index (κ2) is 7.21. The molecule has 0 aliphatic rings. The fourth-order valence-electron chi connectivity index (χ4n) is 2.04. The fraction of sp³-hybridized carbons (Fsp3) is 0.235. The van der Waals surface area contributed by atoms with Gasteiger partial charge in [0.25, 0.3) is 0 Å². The summed E-state index contributed by atoms with van der Waals surface area (Å²) in [6.07, 6.45) is -4.77. The molecule has 0 fully saturated rings. The van der Waals surface area contributed by atoms with E-state index in [0.29, 0.717) is 11.3 Å². The first-order chi connectivity index (χ1) is 11.8. The second-order valence-corrected chi connectivity index (χ2v) is 5.06. The Morgan fingerprint density at radius 3 is 2.40 bits per heavy atom. The number of methoxy groups -OCH3 is 1. The maximum atomic E-state index is 13.3. The molecule has 0 aliphatic carbocycles. The summed E-state index contributed by atoms with van der Waals surface area (Å²) in [6, 6.07) is 8.43. The highest BCUT2D eigenvalue weighted by Gasteiger charge is 2.36. The van der Waals surface area contributed by atoms with Crippen molar-refractivity contribution in [1.82, 2.24) is 4.98 Å². The van der Waals surface area contributed by atoms with Crippen LogP contribution in [0.3, 0.4) is 0 Å². The molecular formula is C17H13F3N2O3. The third-order valence-electron chi connectivity index (χ3n) is 3.20. The zero-order valence-electron chi connectivity index (χ0n) is 13.3. The van der Waals surface area contributed by atoms with Crippen molar-refractivity contribution in [1.29, 1.82) is 5.26 Å². The molecule has 2 aromatic rings. The average Bonchev–Trinajstić information content (AvgIpc) is 2.58. The van der Waals surface area contributed by atoms with Gasteiger partial charge in [-0.25, -0.2) is 4.98 Å². The van der Waals surface area contributed by atoms with E-state index in [1.165, 1.54) is 32.2 Å². The van der Waals surface area contributed by atoms with E-state index in [9.17, 15) is 18.0 Å². The summed E-state index contributed by atoms with van der Waals surface area (Å²) in [4.78, 5) is 15.0. The third kappa shape index (κ3) is 4.26. The molecule has 0 N–H and O–H groups in total. The number of carbonyl (C=O) groups is 1. The van der Waals surface area contributed by atoms with Crippen LogP contribution in [0.15, 0.2) is 30.3 Å². The Morgan fingerprint density at radius 1 is 1.28 bits per heavy atom. The van der Waals surface area contributed by atoms with Crippen LogP contribution in [0.1, 0.15) is 18.1 Å². The third-order valence-corrected chi connectivity index (χ3v) is 3.20. The highest BCUT2D eigenvalue weighted by atomic mass is 19.4. The SMILES string of the molecule is COc1ccc(-c2cc(C(F)(F)F)c(C#N)c(OCC(C)=O)n2)cc1. The quantitative estimate of drug-likeness (QED) is 0.824. The Bertz CT molecular complexity index is 825. The maximum absolute atomic E-state index is 13.3. The molecule has 5 nitrogen and oxygen atoms in total. The van der Waals surface area contributed by atoms with Gasteiger partial charge < -0.3 is 9.47 Å². The van der Waals surface area contributed by atoms with E-state index in [0.717, 1.165) is 6.07 Å². The predicted octanol–water partition coefficient (Wildman–Crippen LogP) is 3.62. The number of halogens is 3. The van der Waals surface area contributed by atoms with Crippen LogP contribution in [0.5, 0.6) is 11.6 Å². The molecule has 0 saturated carbocycles. The number of nitriles is 1. The second-order valence-electron chi connectivity index (χ2n) is 5.06. The van der Waals surface area contributed by atoms with E-state index in [1.54, 1.807) is 12.1 Å². The number of hydrogen-bond donors (Lipinski definition) is 0. The average molecular weight is 350 g/mol. The Labute approximate surface area is 141 Å². The Balaban J connectivity index is 2.61. The molecule has 25 heavy (non-hydrogen) atoms. The van der Waals surface area contributed by atoms with Gasteiger partial charge in [-0.15, -0.1) is 0 Å². The Hall–Kier alpha value is -3.08. The molecule has 0 amide bonds. The van der Waals surface area contributed by atoms with Crippen molar-refractivity contribution in [2.24, 2.45) is 0 Å². The fourth-order valence-corrected chi connectivity index (χ4v) is 2.04. The number of alkyl halides is 3. The smallest absolute Gasteiger partial charge is 0.417 e. The van der Waals surface area contributed by atoms with E-state index in [2.05, 4.69) is 4.98 Å². The van der Waals surface area contributed by atoms with E-state index >= 15 is 0 Å². The molecule has 1 aromatic carbocycles. The summed E-state index contributed by atoms with van der Waals surface area (Å²) in [7, 11) is 1.46. The number of benzene rings is 1. The lowest BCUT2D eigenvalue weighted by atomic mass is 10.0. The standard InChI is InChI=1S/C17H13F3N2O3/c1-10(23)9-25-16-13(8-21)14(17(18,19)20)7-15(22-16)11-3-5-12(24-2)6-4-11/h3-7H,9H2,1-2H3. The molecule has 0 spiro atoms. The molecule has 0 bridgehead atoms. The normalized spacial score (nSPS) is 10.9. The summed E-state index contributed by atoms with van der Waals surface area (Å²) >= 11 is 0. The van der Waals surface area contributed by atoms with Crippen LogP contribution < -0.4 is 9.47 Å². The number of ether oxygens (including phenoxy) is 2. The Kier molecular flexibility index (Phi) is 5.27. The van der Waals surface area contributed by atoms with Crippen LogP contribution in [-0.2, 0) is 11.0 Å². The van der Waals surface area contributed by atoms with Crippen LogP contribution in [0.25, 0.3) is 11.3 Å². The van der Waals surface area contributed by atoms with E-state index < -0.39 is 35.6 Å². The zero-order chi connectivity index (χ0) is 18.6. The lowest BCUT2D eigenvalue weighted by molar-refractivity contribution is -0.137. The van der Waals surface area contributed by atoms with Crippen molar-refractivity contribution in [3.05, 3.63) is 41.5 Å². The highest BCUT2D eigenvalue weighted by molar-refractivity contribution is 5.77. The van der Waals surface area contributed by atoms with E-state index in [1.807, 2.05) is 0 Å². The number of pyridine rings is 1. The van der Waals surface area contributed by atoms with Gasteiger partial charge in [0, 0.05) is 5.56 Å². The summed E-state index contributed by atoms with van der Waals surface area (Å²) in [6.45, 7) is 0.731. The largest absolute Gasteiger partial charge is 0.497 e. The van der Waals surface area contributed by atoms with Crippen molar-refractivity contribution >= 4 is 5.78 Å². The van der Waals surface area contributed by atoms with Crippen LogP contribution >= 0.6 is 0 Å². The number of ketones is 1. The van der Waals surface area contributed by atoms with Crippen LogP contribution in [0, 0.1) is 11.3 Å². The lowest BCUT2D eigenvalue weighted by Crippen LogP contribution is -2.14. The lowest BCUT2D eigenvalue weighted by Gasteiger charge is -2.14. The molecule has 0 radical (unpaired) electrons. The van der Waals surface area contributed by atoms with Gasteiger partial charge in [0.15, 0.2) is 5.78 Å². The molecule has 8 heteroatoms. The predicted molar refractivity (Wildman–Crippen MR) is 82.1 cm³/mol. The summed E-state index contributed by atoms with van der Waals surface area (Å²) in [5.41, 5.74) is -1.59. The first kappa shape index (κ1) is 18.3. The molecule has 0 atom stereocenters. The van der Waals surface area contributed by atoms with Crippen molar-refractivity contribution < 1.29 is 27.4 Å². The minimum atomic E-state index is -4.77. The van der Waals surface area contributed by atoms with Gasteiger partial charge >= 0.3 is 6.18 Å². The molecule has 1 aromatic heterocycles. The van der Waals surface area contributed by atoms with Gasteiger partial charge in [0.1, 0.15) is 24.0 Å². The molecule has 2 rings (SSSR count). The minimum Gasteiger partial charge on any atom is -0.497 e. The molecule has 0 unspecified atom stereocenters. The highest BCUT2D eigenvalue weighted by Crippen LogP contribution is 2.37. The van der Waals surface area contributed by atoms with Crippen LogP contribution in [-0.4, -0.2) is 24.5 Å². The zero-order valence-corrected chi connectivity index (χ0v) is 13.3. The minimum absolute atomic E-state index is 0.0347. The van der Waals surface area contributed by atoms with Crippen molar-refractivity contribution in [2.45, 2.75) is 13.1 Å². The summed E-state index contributed by atoms with van der Waals surface area (Å²) in [5.74, 6) is -0.408. The van der Waals surface area contributed by atoms with Gasteiger partial charge in [-0.2, -0.15) is 18.4 Å². The maximum Gasteiger partial charge on any atom is 0.417 e. The number of carbonyl (C=O) groups excluding carboxylic acids is 1. The van der Waals surface area contributed by atoms with Gasteiger partial charge in [-0.05, 0) is 37.3 Å². The van der Waals surface area contributed by atoms with Crippen molar-refractivity contribution in [2.75, 3.05) is 13.7 Å². The molecule has 1 heterocycles. The van der Waals surface area contributed by atoms with Crippen molar-refractivity contribution in [3.63, 3.8) is 0 Å². The number of nitrogens with zero attached hydrogens (tertiary/aromatic N) is 2. The number of hydrogen-bond acceptors (Lipinski definition) is 5. The van der Waals surface area contributed by atoms with Gasteiger partial charge in [0.2, 0.25) is 5.88 Å². The number of aromatic nitrogens is 1. The van der Waals surface area contributed by atoms with Gasteiger partial charge in [0.05, 0.1) is 18.4 Å². The topological polar surface area (TPSA) is 72.2 Å². The van der Waals surface area contributed by atoms with Gasteiger partial charge in [-0.1, -0.05) is 0 Å². The Morgan fingerprint density at radius 2 is 1.92 bits per heavy atom. The van der Waals surface area contributed by atoms with Crippen LogP contribution in [0.2, 0.25) is 0 Å². The molecular weight excluding hydrogens is 337 g/mol. The van der Waals surface area contributed by atoms with Gasteiger partial charge in [-0.3, -0.25) is 4.79 Å². The van der Waals surface area contributed by atoms with E-state index in [4.69, 9.17) is 14.7 Å². The summed E-state index contributed by atoms with van der Waals surface area (Å²) < 4.78 is 49.9. The van der Waals surface area contributed by atoms with Crippen molar-refractivity contribution in [3.8, 4) is 29.0 Å².